The summed E-state index contributed by atoms with van der Waals surface area (Å²) in [6.45, 7) is 0. The summed E-state index contributed by atoms with van der Waals surface area (Å²) in [6.07, 6.45) is 6.39. The molecule has 0 atom stereocenters. The number of rotatable bonds is 3. The summed E-state index contributed by atoms with van der Waals surface area (Å²) >= 11 is 0. The van der Waals surface area contributed by atoms with Crippen LogP contribution in [0, 0.1) is 0 Å². The van der Waals surface area contributed by atoms with Gasteiger partial charge in [-0.3, -0.25) is 0 Å². The number of aromatic carboxylic acids is 1. The van der Waals surface area contributed by atoms with Gasteiger partial charge in [0.15, 0.2) is 0 Å². The molecule has 0 aromatic carbocycles. The summed E-state index contributed by atoms with van der Waals surface area (Å²) in [5.74, 6) is 0.0123. The van der Waals surface area contributed by atoms with Crippen molar-refractivity contribution in [3.05, 3.63) is 47.5 Å². The summed E-state index contributed by atoms with van der Waals surface area (Å²) in [5, 5.41) is 8.83. The fraction of sp³-hybridized carbons (Fsp3) is 0.167. The maximum absolute atomic E-state index is 10.8. The highest BCUT2D eigenvalue weighted by Gasteiger charge is 2.09. The van der Waals surface area contributed by atoms with Crippen LogP contribution < -0.4 is 10.5 Å². The van der Waals surface area contributed by atoms with Gasteiger partial charge in [-0.15, -0.1) is 0 Å². The molecule has 3 N–H and O–H groups in total. The van der Waals surface area contributed by atoms with Crippen LogP contribution in [0.5, 0.6) is 5.88 Å². The number of allylic oxidation sites excluding steroid dienone is 4. The van der Waals surface area contributed by atoms with Gasteiger partial charge in [0.2, 0.25) is 5.88 Å². The molecule has 0 radical (unpaired) electrons. The van der Waals surface area contributed by atoms with E-state index < -0.39 is 5.97 Å². The predicted octanol–water partition coefficient (Wildman–Crippen LogP) is 1.68. The highest BCUT2D eigenvalue weighted by atomic mass is 16.5. The van der Waals surface area contributed by atoms with Crippen LogP contribution in [0.15, 0.2) is 41.9 Å². The van der Waals surface area contributed by atoms with Gasteiger partial charge in [0.25, 0.3) is 0 Å². The van der Waals surface area contributed by atoms with Gasteiger partial charge in [-0.25, -0.2) is 9.78 Å². The topological polar surface area (TPSA) is 85.4 Å². The van der Waals surface area contributed by atoms with Crippen LogP contribution in [-0.4, -0.2) is 16.1 Å². The van der Waals surface area contributed by atoms with E-state index in [1.54, 1.807) is 12.2 Å². The van der Waals surface area contributed by atoms with Crippen LogP contribution in [0.1, 0.15) is 23.2 Å². The zero-order valence-electron chi connectivity index (χ0n) is 9.09. The molecular formula is C12H12N2O3. The fourth-order valence-electron chi connectivity index (χ4n) is 1.45. The molecular weight excluding hydrogens is 220 g/mol. The molecule has 5 heteroatoms. The average Bonchev–Trinajstić information content (AvgIpc) is 2.32. The minimum Gasteiger partial charge on any atom is -0.478 e. The zero-order chi connectivity index (χ0) is 12.3. The van der Waals surface area contributed by atoms with Gasteiger partial charge in [-0.05, 0) is 24.6 Å². The lowest BCUT2D eigenvalue weighted by Crippen LogP contribution is -2.06. The Morgan fingerprint density at radius 1 is 1.41 bits per heavy atom. The Kier molecular flexibility index (Phi) is 3.09. The highest BCUT2D eigenvalue weighted by molar-refractivity contribution is 5.87. The third-order valence-electron chi connectivity index (χ3n) is 2.36. The molecule has 0 saturated heterocycles. The number of pyridine rings is 1. The molecule has 88 valence electrons. The molecule has 0 unspecified atom stereocenters. The van der Waals surface area contributed by atoms with Gasteiger partial charge in [0.1, 0.15) is 5.76 Å². The number of nitrogens with two attached hydrogens (primary N) is 1. The molecule has 0 amide bonds. The summed E-state index contributed by atoms with van der Waals surface area (Å²) in [5.41, 5.74) is 6.59. The first-order chi connectivity index (χ1) is 8.15. The second-order valence-electron chi connectivity index (χ2n) is 3.66. The van der Waals surface area contributed by atoms with E-state index in [1.807, 2.05) is 0 Å². The summed E-state index contributed by atoms with van der Waals surface area (Å²) in [7, 11) is 0. The molecule has 2 rings (SSSR count). The van der Waals surface area contributed by atoms with Gasteiger partial charge in [-0.1, -0.05) is 0 Å². The van der Waals surface area contributed by atoms with Gasteiger partial charge in [0.05, 0.1) is 5.56 Å². The molecule has 0 spiro atoms. The third-order valence-corrected chi connectivity index (χ3v) is 2.36. The SMILES string of the molecule is NC1=CC=C(Oc2cc(C(=O)O)ccn2)CC1. The Hall–Kier alpha value is -2.30. The minimum atomic E-state index is -1.00. The number of ether oxygens (including phenoxy) is 1. The van der Waals surface area contributed by atoms with Gasteiger partial charge in [0, 0.05) is 24.4 Å². The van der Waals surface area contributed by atoms with Crippen molar-refractivity contribution in [2.24, 2.45) is 5.73 Å². The largest absolute Gasteiger partial charge is 0.478 e. The van der Waals surface area contributed by atoms with Crippen molar-refractivity contribution >= 4 is 5.97 Å². The van der Waals surface area contributed by atoms with Crippen molar-refractivity contribution in [2.75, 3.05) is 0 Å². The normalized spacial score (nSPS) is 14.8. The smallest absolute Gasteiger partial charge is 0.335 e. The number of carbonyl (C=O) groups is 1. The van der Waals surface area contributed by atoms with E-state index in [4.69, 9.17) is 15.6 Å². The Balaban J connectivity index is 2.14. The molecule has 0 aliphatic heterocycles. The first kappa shape index (κ1) is 11.2. The molecule has 0 bridgehead atoms. The van der Waals surface area contributed by atoms with Crippen LogP contribution in [-0.2, 0) is 0 Å². The van der Waals surface area contributed by atoms with Crippen LogP contribution in [0.2, 0.25) is 0 Å². The maximum Gasteiger partial charge on any atom is 0.335 e. The molecule has 1 aromatic heterocycles. The standard InChI is InChI=1S/C12H12N2O3/c13-9-1-3-10(4-2-9)17-11-7-8(12(15)16)5-6-14-11/h1,3,5-7H,2,4,13H2,(H,15,16). The molecule has 0 fully saturated rings. The van der Waals surface area contributed by atoms with E-state index in [0.717, 1.165) is 17.9 Å². The number of hydrogen-bond donors (Lipinski definition) is 2. The maximum atomic E-state index is 10.8. The second-order valence-corrected chi connectivity index (χ2v) is 3.66. The molecule has 1 aliphatic rings. The Morgan fingerprint density at radius 3 is 2.88 bits per heavy atom. The van der Waals surface area contributed by atoms with Crippen molar-refractivity contribution < 1.29 is 14.6 Å². The predicted molar refractivity (Wildman–Crippen MR) is 61.4 cm³/mol. The minimum absolute atomic E-state index is 0.154. The summed E-state index contributed by atoms with van der Waals surface area (Å²) in [6, 6.07) is 2.81. The lowest BCUT2D eigenvalue weighted by Gasteiger charge is -2.12. The van der Waals surface area contributed by atoms with Crippen LogP contribution in [0.3, 0.4) is 0 Å². The van der Waals surface area contributed by atoms with Crippen molar-refractivity contribution in [2.45, 2.75) is 12.8 Å². The Morgan fingerprint density at radius 2 is 2.24 bits per heavy atom. The number of carboxylic acid groups (broad SMARTS) is 1. The first-order valence-corrected chi connectivity index (χ1v) is 5.17. The van der Waals surface area contributed by atoms with Gasteiger partial charge >= 0.3 is 5.97 Å². The molecule has 17 heavy (non-hydrogen) atoms. The second kappa shape index (κ2) is 4.69. The fourth-order valence-corrected chi connectivity index (χ4v) is 1.45. The van der Waals surface area contributed by atoms with Crippen molar-refractivity contribution in [1.82, 2.24) is 4.98 Å². The lowest BCUT2D eigenvalue weighted by molar-refractivity contribution is 0.0696. The van der Waals surface area contributed by atoms with Crippen LogP contribution in [0.4, 0.5) is 0 Å². The number of carboxylic acids is 1. The molecule has 1 heterocycles. The molecule has 1 aromatic rings. The lowest BCUT2D eigenvalue weighted by atomic mass is 10.1. The number of aromatic nitrogens is 1. The Labute approximate surface area is 98.2 Å². The van der Waals surface area contributed by atoms with E-state index in [9.17, 15) is 4.79 Å². The zero-order valence-corrected chi connectivity index (χ0v) is 9.09. The third kappa shape index (κ3) is 2.84. The van der Waals surface area contributed by atoms with E-state index in [0.29, 0.717) is 6.42 Å². The van der Waals surface area contributed by atoms with E-state index in [-0.39, 0.29) is 11.4 Å². The van der Waals surface area contributed by atoms with Crippen molar-refractivity contribution in [3.63, 3.8) is 0 Å². The quantitative estimate of drug-likeness (QED) is 0.828. The van der Waals surface area contributed by atoms with E-state index in [1.165, 1.54) is 18.3 Å². The molecule has 1 aliphatic carbocycles. The van der Waals surface area contributed by atoms with E-state index in [2.05, 4.69) is 4.98 Å². The average molecular weight is 232 g/mol. The highest BCUT2D eigenvalue weighted by Crippen LogP contribution is 2.19. The van der Waals surface area contributed by atoms with E-state index >= 15 is 0 Å². The molecule has 0 saturated carbocycles. The van der Waals surface area contributed by atoms with Gasteiger partial charge in [-0.2, -0.15) is 0 Å². The van der Waals surface area contributed by atoms with Crippen LogP contribution in [0.25, 0.3) is 0 Å². The van der Waals surface area contributed by atoms with Crippen molar-refractivity contribution in [3.8, 4) is 5.88 Å². The monoisotopic (exact) mass is 232 g/mol. The van der Waals surface area contributed by atoms with Crippen LogP contribution >= 0.6 is 0 Å². The van der Waals surface area contributed by atoms with Crippen molar-refractivity contribution in [1.29, 1.82) is 0 Å². The Bertz CT molecular complexity index is 506. The van der Waals surface area contributed by atoms with Gasteiger partial charge < -0.3 is 15.6 Å². The number of hydrogen-bond acceptors (Lipinski definition) is 4. The summed E-state index contributed by atoms with van der Waals surface area (Å²) < 4.78 is 5.48. The number of nitrogens with zero attached hydrogens (tertiary/aromatic N) is 1. The summed E-state index contributed by atoms with van der Waals surface area (Å²) in [4.78, 5) is 14.7. The first-order valence-electron chi connectivity index (χ1n) is 5.17. The molecule has 5 nitrogen and oxygen atoms in total.